The normalized spacial score (nSPS) is 30.5. The molecule has 1 rings (SSSR count). The van der Waals surface area contributed by atoms with E-state index < -0.39 is 49.8 Å². The van der Waals surface area contributed by atoms with Crippen LogP contribution < -0.4 is 10.6 Å². The third kappa shape index (κ3) is 5.86. The van der Waals surface area contributed by atoms with Crippen molar-refractivity contribution >= 4 is 11.8 Å². The highest BCUT2D eigenvalue weighted by Gasteiger charge is 2.44. The van der Waals surface area contributed by atoms with Crippen LogP contribution in [0.2, 0.25) is 0 Å². The van der Waals surface area contributed by atoms with Crippen LogP contribution >= 0.6 is 0 Å². The summed E-state index contributed by atoms with van der Waals surface area (Å²) in [4.78, 5) is 22.4. The molecule has 0 aromatic carbocycles. The van der Waals surface area contributed by atoms with Crippen LogP contribution in [0.3, 0.4) is 0 Å². The average molecular weight is 334 g/mol. The van der Waals surface area contributed by atoms with Crippen molar-refractivity contribution in [2.24, 2.45) is 0 Å². The second kappa shape index (κ2) is 9.55. The van der Waals surface area contributed by atoms with Gasteiger partial charge in [0, 0.05) is 13.1 Å². The lowest BCUT2D eigenvalue weighted by molar-refractivity contribution is -0.299. The lowest BCUT2D eigenvalue weighted by Gasteiger charge is -2.39. The molecule has 0 radical (unpaired) electrons. The Morgan fingerprint density at radius 1 is 1.13 bits per heavy atom. The van der Waals surface area contributed by atoms with Gasteiger partial charge in [0.2, 0.25) is 11.8 Å². The van der Waals surface area contributed by atoms with E-state index in [1.165, 1.54) is 0 Å². The Labute approximate surface area is 132 Å². The van der Waals surface area contributed by atoms with E-state index in [9.17, 15) is 24.9 Å². The minimum absolute atomic E-state index is 0.163. The molecule has 0 spiro atoms. The predicted molar refractivity (Wildman–Crippen MR) is 75.9 cm³/mol. The zero-order valence-electron chi connectivity index (χ0n) is 12.4. The van der Waals surface area contributed by atoms with E-state index in [4.69, 9.17) is 14.6 Å². The van der Waals surface area contributed by atoms with Crippen molar-refractivity contribution in [3.05, 3.63) is 12.7 Å². The van der Waals surface area contributed by atoms with Crippen molar-refractivity contribution < 1.29 is 39.5 Å². The van der Waals surface area contributed by atoms with Crippen molar-refractivity contribution in [3.8, 4) is 0 Å². The van der Waals surface area contributed by atoms with Gasteiger partial charge in [-0.1, -0.05) is 6.58 Å². The van der Waals surface area contributed by atoms with Crippen LogP contribution in [0, 0.1) is 0 Å². The molecular formula is C13H22N2O8. The standard InChI is InChI=1S/C13H22N2O8/c1-2-8(17)14-3-4-15-9(18)6-22-13-12(21)11(20)10(19)7(5-16)23-13/h2,7,10-13,16,19-21H,1,3-6H2,(H,14,17)(H,15,18)/t7-,10-,11+,12-,13+/m1/s1. The molecule has 1 aliphatic rings. The fraction of sp³-hybridized carbons (Fsp3) is 0.692. The van der Waals surface area contributed by atoms with Crippen molar-refractivity contribution in [1.29, 1.82) is 0 Å². The molecule has 5 atom stereocenters. The van der Waals surface area contributed by atoms with Crippen LogP contribution in [-0.4, -0.2) is 89.2 Å². The molecular weight excluding hydrogens is 312 g/mol. The summed E-state index contributed by atoms with van der Waals surface area (Å²) in [6.07, 6.45) is -5.98. The summed E-state index contributed by atoms with van der Waals surface area (Å²) in [5.41, 5.74) is 0. The molecule has 10 heteroatoms. The summed E-state index contributed by atoms with van der Waals surface area (Å²) in [6, 6.07) is 0. The molecule has 0 aromatic heterocycles. The Bertz CT molecular complexity index is 417. The molecule has 2 amide bonds. The molecule has 1 saturated heterocycles. The summed E-state index contributed by atoms with van der Waals surface area (Å²) < 4.78 is 10.1. The van der Waals surface area contributed by atoms with Crippen molar-refractivity contribution in [2.45, 2.75) is 30.7 Å². The molecule has 132 valence electrons. The Morgan fingerprint density at radius 3 is 2.39 bits per heavy atom. The number of rotatable bonds is 8. The second-order valence-corrected chi connectivity index (χ2v) is 4.85. The summed E-state index contributed by atoms with van der Waals surface area (Å²) in [6.45, 7) is 2.58. The van der Waals surface area contributed by atoms with E-state index in [1.54, 1.807) is 0 Å². The van der Waals surface area contributed by atoms with Gasteiger partial charge in [-0.15, -0.1) is 0 Å². The summed E-state index contributed by atoms with van der Waals surface area (Å²) in [5.74, 6) is -0.897. The highest BCUT2D eigenvalue weighted by molar-refractivity contribution is 5.86. The lowest BCUT2D eigenvalue weighted by Crippen LogP contribution is -2.59. The maximum atomic E-state index is 11.5. The molecule has 6 N–H and O–H groups in total. The van der Waals surface area contributed by atoms with Crippen LogP contribution in [0.5, 0.6) is 0 Å². The number of nitrogens with one attached hydrogen (secondary N) is 2. The molecule has 1 aliphatic heterocycles. The molecule has 0 unspecified atom stereocenters. The number of amides is 2. The monoisotopic (exact) mass is 334 g/mol. The fourth-order valence-corrected chi connectivity index (χ4v) is 1.87. The van der Waals surface area contributed by atoms with Gasteiger partial charge in [0.05, 0.1) is 6.61 Å². The topological polar surface area (TPSA) is 158 Å². The second-order valence-electron chi connectivity index (χ2n) is 4.85. The zero-order valence-corrected chi connectivity index (χ0v) is 12.4. The van der Waals surface area contributed by atoms with Crippen LogP contribution in [-0.2, 0) is 19.1 Å². The quantitative estimate of drug-likeness (QED) is 0.195. The van der Waals surface area contributed by atoms with E-state index in [2.05, 4.69) is 17.2 Å². The van der Waals surface area contributed by atoms with Gasteiger partial charge in [0.15, 0.2) is 6.29 Å². The Hall–Kier alpha value is -1.56. The van der Waals surface area contributed by atoms with Crippen molar-refractivity contribution in [3.63, 3.8) is 0 Å². The zero-order chi connectivity index (χ0) is 17.4. The molecule has 1 fully saturated rings. The van der Waals surface area contributed by atoms with Crippen LogP contribution in [0.1, 0.15) is 0 Å². The van der Waals surface area contributed by atoms with Gasteiger partial charge in [0.25, 0.3) is 0 Å². The van der Waals surface area contributed by atoms with E-state index in [0.29, 0.717) is 0 Å². The van der Waals surface area contributed by atoms with E-state index in [0.717, 1.165) is 6.08 Å². The minimum Gasteiger partial charge on any atom is -0.394 e. The first-order valence-electron chi connectivity index (χ1n) is 6.99. The Kier molecular flexibility index (Phi) is 8.09. The number of hydrogen-bond acceptors (Lipinski definition) is 8. The van der Waals surface area contributed by atoms with Crippen LogP contribution in [0.4, 0.5) is 0 Å². The maximum absolute atomic E-state index is 11.5. The van der Waals surface area contributed by atoms with Gasteiger partial charge in [-0.2, -0.15) is 0 Å². The fourth-order valence-electron chi connectivity index (χ4n) is 1.87. The Balaban J connectivity index is 2.31. The molecule has 0 aromatic rings. The first-order chi connectivity index (χ1) is 10.9. The van der Waals surface area contributed by atoms with Gasteiger partial charge < -0.3 is 40.5 Å². The van der Waals surface area contributed by atoms with E-state index in [1.807, 2.05) is 0 Å². The van der Waals surface area contributed by atoms with Crippen LogP contribution in [0.15, 0.2) is 12.7 Å². The third-order valence-electron chi connectivity index (χ3n) is 3.16. The number of carbonyl (C=O) groups is 2. The van der Waals surface area contributed by atoms with E-state index >= 15 is 0 Å². The number of carbonyl (C=O) groups excluding carboxylic acids is 2. The number of hydrogen-bond donors (Lipinski definition) is 6. The van der Waals surface area contributed by atoms with Crippen LogP contribution in [0.25, 0.3) is 0 Å². The highest BCUT2D eigenvalue weighted by Crippen LogP contribution is 2.21. The molecule has 0 aliphatic carbocycles. The minimum atomic E-state index is -1.57. The summed E-state index contributed by atoms with van der Waals surface area (Å²) in [5, 5.41) is 42.8. The predicted octanol–water partition coefficient (Wildman–Crippen LogP) is -3.78. The molecule has 1 heterocycles. The van der Waals surface area contributed by atoms with Crippen molar-refractivity contribution in [2.75, 3.05) is 26.3 Å². The molecule has 0 bridgehead atoms. The van der Waals surface area contributed by atoms with E-state index in [-0.39, 0.29) is 19.0 Å². The number of ether oxygens (including phenoxy) is 2. The number of aliphatic hydroxyl groups excluding tert-OH is 4. The largest absolute Gasteiger partial charge is 0.394 e. The average Bonchev–Trinajstić information content (AvgIpc) is 2.55. The Morgan fingerprint density at radius 2 is 1.78 bits per heavy atom. The number of aliphatic hydroxyl groups is 4. The lowest BCUT2D eigenvalue weighted by atomic mass is 9.99. The van der Waals surface area contributed by atoms with Gasteiger partial charge in [-0.05, 0) is 6.08 Å². The van der Waals surface area contributed by atoms with Crippen molar-refractivity contribution in [1.82, 2.24) is 10.6 Å². The molecule has 0 saturated carbocycles. The highest BCUT2D eigenvalue weighted by atomic mass is 16.7. The van der Waals surface area contributed by atoms with Gasteiger partial charge in [-0.25, -0.2) is 0 Å². The smallest absolute Gasteiger partial charge is 0.246 e. The maximum Gasteiger partial charge on any atom is 0.246 e. The molecule has 23 heavy (non-hydrogen) atoms. The van der Waals surface area contributed by atoms with Gasteiger partial charge in [0.1, 0.15) is 31.0 Å². The first kappa shape index (κ1) is 19.5. The SMILES string of the molecule is C=CC(=O)NCCNC(=O)CO[C@H]1O[C@H](CO)[C@@H](O)[C@H](O)[C@H]1O. The first-order valence-corrected chi connectivity index (χ1v) is 6.99. The van der Waals surface area contributed by atoms with Gasteiger partial charge >= 0.3 is 0 Å². The van der Waals surface area contributed by atoms with Gasteiger partial charge in [-0.3, -0.25) is 9.59 Å². The summed E-state index contributed by atoms with van der Waals surface area (Å²) in [7, 11) is 0. The summed E-state index contributed by atoms with van der Waals surface area (Å²) >= 11 is 0. The molecule has 10 nitrogen and oxygen atoms in total. The third-order valence-corrected chi connectivity index (χ3v) is 3.16.